The van der Waals surface area contributed by atoms with Crippen LogP contribution in [-0.4, -0.2) is 20.8 Å². The molecular formula is C12H10FNO4S2. The molecule has 0 N–H and O–H groups in total. The fourth-order valence-corrected chi connectivity index (χ4v) is 4.36. The van der Waals surface area contributed by atoms with Gasteiger partial charge in [-0.2, -0.15) is 0 Å². The summed E-state index contributed by atoms with van der Waals surface area (Å²) >= 11 is 0. The van der Waals surface area contributed by atoms with Gasteiger partial charge in [0.05, 0.1) is 13.7 Å². The molecule has 2 rings (SSSR count). The Kier molecular flexibility index (Phi) is 3.89. The van der Waals surface area contributed by atoms with E-state index in [1.165, 1.54) is 36.4 Å². The number of hydrogen-bond acceptors (Lipinski definition) is 4. The number of rotatable bonds is 4. The van der Waals surface area contributed by atoms with E-state index >= 15 is 0 Å². The molecule has 0 fully saturated rings. The highest BCUT2D eigenvalue weighted by Crippen LogP contribution is 2.24. The molecule has 0 aliphatic heterocycles. The predicted octanol–water partition coefficient (Wildman–Crippen LogP) is 1.95. The fraction of sp³-hybridized carbons (Fsp3) is 0. The molecule has 0 aliphatic carbocycles. The molecule has 0 aliphatic rings. The normalized spacial score (nSPS) is 12.5. The van der Waals surface area contributed by atoms with Gasteiger partial charge < -0.3 is 0 Å². The minimum Gasteiger partial charge on any atom is -0.203 e. The summed E-state index contributed by atoms with van der Waals surface area (Å²) in [7, 11) is -9.53. The van der Waals surface area contributed by atoms with Crippen molar-refractivity contribution < 1.29 is 21.3 Å². The molecule has 0 radical (unpaired) electrons. The van der Waals surface area contributed by atoms with Gasteiger partial charge in [0, 0.05) is 0 Å². The van der Waals surface area contributed by atoms with E-state index in [0.29, 0.717) is 0 Å². The van der Waals surface area contributed by atoms with Crippen LogP contribution in [0.15, 0.2) is 70.5 Å². The smallest absolute Gasteiger partial charge is 0.203 e. The van der Waals surface area contributed by atoms with Crippen LogP contribution >= 0.6 is 0 Å². The van der Waals surface area contributed by atoms with Crippen LogP contribution < -0.4 is 0 Å². The van der Waals surface area contributed by atoms with Crippen molar-refractivity contribution in [3.63, 3.8) is 0 Å². The van der Waals surface area contributed by atoms with Crippen molar-refractivity contribution in [1.29, 1.82) is 0 Å². The molecule has 0 heterocycles. The van der Waals surface area contributed by atoms with Gasteiger partial charge in [-0.05, 0) is 24.3 Å². The highest BCUT2D eigenvalue weighted by Gasteiger charge is 2.37. The zero-order chi connectivity index (χ0) is 14.8. The minimum absolute atomic E-state index is 0.443. The molecular weight excluding hydrogens is 304 g/mol. The SMILES string of the molecule is O=S(=O)(c1ccccc1)N([18F])S(=O)(=O)c1ccccc1. The fourth-order valence-electron chi connectivity index (χ4n) is 1.48. The molecule has 106 valence electrons. The molecule has 0 atom stereocenters. The van der Waals surface area contributed by atoms with Crippen molar-refractivity contribution in [1.82, 2.24) is 3.93 Å². The lowest BCUT2D eigenvalue weighted by atomic mass is 10.4. The molecule has 8 heteroatoms. The first kappa shape index (κ1) is 14.6. The maximum Gasteiger partial charge on any atom is 0.283 e. The zero-order valence-corrected chi connectivity index (χ0v) is 11.7. The Morgan fingerprint density at radius 1 is 0.650 bits per heavy atom. The zero-order valence-electron chi connectivity index (χ0n) is 10.0. The highest BCUT2D eigenvalue weighted by molar-refractivity contribution is 8.03. The summed E-state index contributed by atoms with van der Waals surface area (Å²) in [4.78, 5) is -0.885. The first-order valence-electron chi connectivity index (χ1n) is 5.43. The van der Waals surface area contributed by atoms with Crippen LogP contribution in [0.3, 0.4) is 0 Å². The molecule has 20 heavy (non-hydrogen) atoms. The van der Waals surface area contributed by atoms with Crippen LogP contribution in [-0.2, 0) is 20.0 Å². The predicted molar refractivity (Wildman–Crippen MR) is 70.2 cm³/mol. The summed E-state index contributed by atoms with van der Waals surface area (Å²) in [6.07, 6.45) is 0. The summed E-state index contributed by atoms with van der Waals surface area (Å²) < 4.78 is 60.6. The van der Waals surface area contributed by atoms with Gasteiger partial charge >= 0.3 is 0 Å². The number of sulfonamides is 2. The third kappa shape index (κ3) is 2.58. The van der Waals surface area contributed by atoms with E-state index in [2.05, 4.69) is 0 Å². The monoisotopic (exact) mass is 314 g/mol. The molecule has 0 saturated heterocycles. The summed E-state index contributed by atoms with van der Waals surface area (Å²) in [5.74, 6) is 0. The van der Waals surface area contributed by atoms with Gasteiger partial charge in [-0.3, -0.25) is 0 Å². The van der Waals surface area contributed by atoms with E-state index in [-0.39, 0.29) is 0 Å². The van der Waals surface area contributed by atoms with Gasteiger partial charge in [-0.15, -0.1) is 4.48 Å². The average Bonchev–Trinajstić information content (AvgIpc) is 2.48. The van der Waals surface area contributed by atoms with E-state index in [9.17, 15) is 21.3 Å². The first-order valence-corrected chi connectivity index (χ1v) is 8.31. The second-order valence-electron chi connectivity index (χ2n) is 3.79. The first-order chi connectivity index (χ1) is 9.37. The largest absolute Gasteiger partial charge is 0.283 e. The van der Waals surface area contributed by atoms with Gasteiger partial charge in [0.25, 0.3) is 20.0 Å². The number of benzene rings is 2. The number of hydrogen-bond donors (Lipinski definition) is 0. The second kappa shape index (κ2) is 5.31. The topological polar surface area (TPSA) is 71.5 Å². The van der Waals surface area contributed by atoms with E-state index in [1.54, 1.807) is 0 Å². The van der Waals surface area contributed by atoms with Gasteiger partial charge in [-0.1, -0.05) is 36.4 Å². The van der Waals surface area contributed by atoms with E-state index in [4.69, 9.17) is 0 Å². The second-order valence-corrected chi connectivity index (χ2v) is 7.50. The van der Waals surface area contributed by atoms with Crippen molar-refractivity contribution in [3.8, 4) is 0 Å². The molecule has 2 aromatic rings. The number of halogens is 1. The lowest BCUT2D eigenvalue weighted by molar-refractivity contribution is 0.250. The lowest BCUT2D eigenvalue weighted by Gasteiger charge is -2.12. The quantitative estimate of drug-likeness (QED) is 0.809. The number of nitrogens with zero attached hydrogens (tertiary/aromatic N) is 1. The third-order valence-electron chi connectivity index (χ3n) is 2.46. The standard InChI is InChI=1S/C12H10FNO4S2/c13-14(19(15,16)11-7-3-1-4-8-11)20(17,18)12-9-5-2-6-10-12/h1-10H/i13-1. The molecule has 0 saturated carbocycles. The summed E-state index contributed by atoms with van der Waals surface area (Å²) in [6, 6.07) is 13.0. The van der Waals surface area contributed by atoms with Gasteiger partial charge in [0.1, 0.15) is 0 Å². The Morgan fingerprint density at radius 3 is 1.25 bits per heavy atom. The Hall–Kier alpha value is -1.77. The van der Waals surface area contributed by atoms with Crippen molar-refractivity contribution in [2.45, 2.75) is 9.79 Å². The van der Waals surface area contributed by atoms with Crippen LogP contribution in [0.25, 0.3) is 0 Å². The molecule has 0 amide bonds. The van der Waals surface area contributed by atoms with Crippen molar-refractivity contribution in [2.24, 2.45) is 0 Å². The highest BCUT2D eigenvalue weighted by atomic mass is 32.3. The molecule has 0 aromatic heterocycles. The molecule has 2 aromatic carbocycles. The maximum atomic E-state index is 14.0. The van der Waals surface area contributed by atoms with Crippen molar-refractivity contribution in [2.75, 3.05) is 0 Å². The molecule has 0 spiro atoms. The van der Waals surface area contributed by atoms with Crippen LogP contribution in [0.2, 0.25) is 0 Å². The van der Waals surface area contributed by atoms with Crippen LogP contribution in [0.4, 0.5) is 4.48 Å². The van der Waals surface area contributed by atoms with Crippen molar-refractivity contribution >= 4 is 20.0 Å². The molecule has 0 unspecified atom stereocenters. The third-order valence-corrected chi connectivity index (χ3v) is 6.13. The molecule has 0 bridgehead atoms. The summed E-state index contributed by atoms with van der Waals surface area (Å²) in [6.45, 7) is 0. The van der Waals surface area contributed by atoms with Crippen LogP contribution in [0.1, 0.15) is 0 Å². The van der Waals surface area contributed by atoms with E-state index in [0.717, 1.165) is 24.3 Å². The van der Waals surface area contributed by atoms with Gasteiger partial charge in [-0.25, -0.2) is 16.8 Å². The Morgan fingerprint density at radius 2 is 0.950 bits per heavy atom. The maximum absolute atomic E-state index is 14.0. The van der Waals surface area contributed by atoms with E-state index < -0.39 is 33.8 Å². The lowest BCUT2D eigenvalue weighted by Crippen LogP contribution is -2.29. The van der Waals surface area contributed by atoms with Gasteiger partial charge in [0.2, 0.25) is 0 Å². The Labute approximate surface area is 116 Å². The average molecular weight is 314 g/mol. The summed E-state index contributed by atoms with van der Waals surface area (Å²) in [5.41, 5.74) is 0. The van der Waals surface area contributed by atoms with Crippen molar-refractivity contribution in [3.05, 3.63) is 60.7 Å². The Balaban J connectivity index is 2.49. The van der Waals surface area contributed by atoms with Crippen LogP contribution in [0, 0.1) is 0 Å². The Bertz CT molecular complexity index is 720. The van der Waals surface area contributed by atoms with Gasteiger partial charge in [0.15, 0.2) is 0 Å². The minimum atomic E-state index is -4.77. The summed E-state index contributed by atoms with van der Waals surface area (Å²) in [5, 5.41) is 0. The van der Waals surface area contributed by atoms with Crippen LogP contribution in [0.5, 0.6) is 0 Å². The molecule has 5 nitrogen and oxygen atoms in total. The van der Waals surface area contributed by atoms with E-state index in [1.807, 2.05) is 0 Å².